The molecule has 0 bridgehead atoms. The predicted molar refractivity (Wildman–Crippen MR) is 62.8 cm³/mol. The van der Waals surface area contributed by atoms with Crippen molar-refractivity contribution in [1.29, 1.82) is 5.41 Å². The fourth-order valence-corrected chi connectivity index (χ4v) is 1.20. The number of nitrogen functional groups attached to an aromatic ring is 1. The second kappa shape index (κ2) is 5.16. The number of rotatable bonds is 3. The summed E-state index contributed by atoms with van der Waals surface area (Å²) in [5.41, 5.74) is 7.42. The monoisotopic (exact) mass is 221 g/mol. The number of amidine groups is 1. The summed E-state index contributed by atoms with van der Waals surface area (Å²) < 4.78 is 4.77. The Hall–Kier alpha value is -2.04. The molecule has 0 aliphatic heterocycles. The number of nitrogens with one attached hydrogen (secondary N) is 2. The van der Waals surface area contributed by atoms with Gasteiger partial charge in [0.25, 0.3) is 0 Å². The molecule has 16 heavy (non-hydrogen) atoms. The third kappa shape index (κ3) is 2.98. The molecule has 1 aromatic carbocycles. The highest BCUT2D eigenvalue weighted by Gasteiger charge is 2.06. The van der Waals surface area contributed by atoms with Crippen molar-refractivity contribution in [3.63, 3.8) is 0 Å². The Kier molecular flexibility index (Phi) is 3.88. The number of carbonyl (C=O) groups excluding carboxylic acids is 1. The fourth-order valence-electron chi connectivity index (χ4n) is 1.20. The molecule has 0 aromatic heterocycles. The molecule has 0 spiro atoms. The van der Waals surface area contributed by atoms with E-state index in [2.05, 4.69) is 5.32 Å². The largest absolute Gasteiger partial charge is 0.450 e. The van der Waals surface area contributed by atoms with Crippen LogP contribution in [-0.2, 0) is 4.74 Å². The molecule has 0 heterocycles. The molecule has 0 saturated heterocycles. The van der Waals surface area contributed by atoms with Gasteiger partial charge in [0.05, 0.1) is 6.61 Å². The Morgan fingerprint density at radius 1 is 1.56 bits per heavy atom. The predicted octanol–water partition coefficient (Wildman–Crippen LogP) is 1.85. The van der Waals surface area contributed by atoms with Crippen LogP contribution >= 0.6 is 0 Å². The quantitative estimate of drug-likeness (QED) is 0.537. The van der Waals surface area contributed by atoms with Gasteiger partial charge in [-0.3, -0.25) is 10.7 Å². The molecule has 5 nitrogen and oxygen atoms in total. The number of anilines is 1. The highest BCUT2D eigenvalue weighted by molar-refractivity contribution is 5.97. The van der Waals surface area contributed by atoms with E-state index in [0.717, 1.165) is 5.56 Å². The number of hydrogen-bond acceptors (Lipinski definition) is 3. The van der Waals surface area contributed by atoms with Crippen molar-refractivity contribution < 1.29 is 9.53 Å². The summed E-state index contributed by atoms with van der Waals surface area (Å²) in [7, 11) is 0. The summed E-state index contributed by atoms with van der Waals surface area (Å²) in [6, 6.07) is 5.17. The number of nitrogens with two attached hydrogens (primary N) is 1. The Morgan fingerprint density at radius 2 is 2.25 bits per heavy atom. The lowest BCUT2D eigenvalue weighted by Gasteiger charge is -2.09. The molecule has 5 heteroatoms. The molecule has 1 amide bonds. The van der Waals surface area contributed by atoms with Crippen LogP contribution in [-0.4, -0.2) is 18.5 Å². The highest BCUT2D eigenvalue weighted by atomic mass is 16.5. The zero-order valence-electron chi connectivity index (χ0n) is 9.33. The number of carbonyl (C=O) groups is 1. The van der Waals surface area contributed by atoms with E-state index < -0.39 is 6.09 Å². The van der Waals surface area contributed by atoms with E-state index in [-0.39, 0.29) is 5.84 Å². The Morgan fingerprint density at radius 3 is 2.81 bits per heavy atom. The Balaban J connectivity index is 2.90. The molecule has 1 aromatic rings. The smallest absolute Gasteiger partial charge is 0.411 e. The van der Waals surface area contributed by atoms with Gasteiger partial charge in [-0.15, -0.1) is 0 Å². The van der Waals surface area contributed by atoms with Gasteiger partial charge in [-0.05, 0) is 25.5 Å². The summed E-state index contributed by atoms with van der Waals surface area (Å²) in [5, 5.41) is 9.89. The average Bonchev–Trinajstić information content (AvgIpc) is 2.21. The highest BCUT2D eigenvalue weighted by Crippen LogP contribution is 2.16. The molecule has 0 saturated carbocycles. The van der Waals surface area contributed by atoms with Crippen LogP contribution in [0.1, 0.15) is 18.1 Å². The van der Waals surface area contributed by atoms with E-state index in [4.69, 9.17) is 15.9 Å². The van der Waals surface area contributed by atoms with E-state index in [1.807, 2.05) is 6.92 Å². The molecule has 0 atom stereocenters. The first-order chi connectivity index (χ1) is 7.54. The van der Waals surface area contributed by atoms with Crippen molar-refractivity contribution in [2.24, 2.45) is 5.73 Å². The van der Waals surface area contributed by atoms with Gasteiger partial charge in [-0.1, -0.05) is 12.1 Å². The lowest BCUT2D eigenvalue weighted by Crippen LogP contribution is -2.16. The van der Waals surface area contributed by atoms with E-state index in [9.17, 15) is 4.79 Å². The van der Waals surface area contributed by atoms with Crippen molar-refractivity contribution in [1.82, 2.24) is 0 Å². The lowest BCUT2D eigenvalue weighted by atomic mass is 10.1. The fraction of sp³-hybridized carbons (Fsp3) is 0.273. The maximum Gasteiger partial charge on any atom is 0.411 e. The first-order valence-corrected chi connectivity index (χ1v) is 4.93. The molecule has 0 aliphatic carbocycles. The van der Waals surface area contributed by atoms with Gasteiger partial charge in [-0.25, -0.2) is 4.79 Å². The van der Waals surface area contributed by atoms with Gasteiger partial charge in [0.15, 0.2) is 0 Å². The number of benzene rings is 1. The van der Waals surface area contributed by atoms with Crippen LogP contribution in [0.2, 0.25) is 0 Å². The van der Waals surface area contributed by atoms with Crippen molar-refractivity contribution >= 4 is 17.6 Å². The summed E-state index contributed by atoms with van der Waals surface area (Å²) in [6.45, 7) is 3.90. The normalized spacial score (nSPS) is 9.62. The SMILES string of the molecule is CCOC(=O)Nc1cc(C(=N)N)ccc1C. The Labute approximate surface area is 94.1 Å². The van der Waals surface area contributed by atoms with Crippen LogP contribution in [0, 0.1) is 12.3 Å². The van der Waals surface area contributed by atoms with Crippen LogP contribution in [0.5, 0.6) is 0 Å². The standard InChI is InChI=1S/C11H15N3O2/c1-3-16-11(15)14-9-6-8(10(12)13)5-4-7(9)2/h4-6H,3H2,1-2H3,(H3,12,13)(H,14,15). The number of hydrogen-bond donors (Lipinski definition) is 3. The number of amides is 1. The third-order valence-electron chi connectivity index (χ3n) is 2.06. The van der Waals surface area contributed by atoms with E-state index >= 15 is 0 Å². The second-order valence-corrected chi connectivity index (χ2v) is 3.29. The second-order valence-electron chi connectivity index (χ2n) is 3.29. The zero-order chi connectivity index (χ0) is 12.1. The van der Waals surface area contributed by atoms with Gasteiger partial charge in [-0.2, -0.15) is 0 Å². The zero-order valence-corrected chi connectivity index (χ0v) is 9.33. The summed E-state index contributed by atoms with van der Waals surface area (Å²) >= 11 is 0. The minimum atomic E-state index is -0.508. The number of ether oxygens (including phenoxy) is 1. The number of aryl methyl sites for hydroxylation is 1. The first-order valence-electron chi connectivity index (χ1n) is 4.93. The van der Waals surface area contributed by atoms with Crippen LogP contribution in [0.15, 0.2) is 18.2 Å². The van der Waals surface area contributed by atoms with Crippen molar-refractivity contribution in [3.8, 4) is 0 Å². The van der Waals surface area contributed by atoms with Crippen molar-refractivity contribution in [2.75, 3.05) is 11.9 Å². The van der Waals surface area contributed by atoms with Crippen LogP contribution < -0.4 is 11.1 Å². The van der Waals surface area contributed by atoms with Gasteiger partial charge in [0.2, 0.25) is 0 Å². The van der Waals surface area contributed by atoms with Crippen LogP contribution in [0.4, 0.5) is 10.5 Å². The molecule has 0 fully saturated rings. The van der Waals surface area contributed by atoms with Crippen LogP contribution in [0.3, 0.4) is 0 Å². The molecule has 0 unspecified atom stereocenters. The third-order valence-corrected chi connectivity index (χ3v) is 2.06. The summed E-state index contributed by atoms with van der Waals surface area (Å²) in [6.07, 6.45) is -0.508. The molecule has 4 N–H and O–H groups in total. The topological polar surface area (TPSA) is 88.2 Å². The van der Waals surface area contributed by atoms with Gasteiger partial charge in [0, 0.05) is 11.3 Å². The molecule has 0 radical (unpaired) electrons. The van der Waals surface area contributed by atoms with Crippen molar-refractivity contribution in [3.05, 3.63) is 29.3 Å². The van der Waals surface area contributed by atoms with E-state index in [1.54, 1.807) is 25.1 Å². The molecule has 0 aliphatic rings. The van der Waals surface area contributed by atoms with Gasteiger partial charge < -0.3 is 10.5 Å². The maximum atomic E-state index is 11.2. The minimum absolute atomic E-state index is 0.0353. The Bertz CT molecular complexity index is 416. The van der Waals surface area contributed by atoms with E-state index in [1.165, 1.54) is 0 Å². The molecular weight excluding hydrogens is 206 g/mol. The summed E-state index contributed by atoms with van der Waals surface area (Å²) in [5.74, 6) is -0.0353. The van der Waals surface area contributed by atoms with Gasteiger partial charge >= 0.3 is 6.09 Å². The summed E-state index contributed by atoms with van der Waals surface area (Å²) in [4.78, 5) is 11.2. The molecular formula is C11H15N3O2. The first kappa shape index (κ1) is 12.0. The minimum Gasteiger partial charge on any atom is -0.450 e. The van der Waals surface area contributed by atoms with Crippen LogP contribution in [0.25, 0.3) is 0 Å². The molecule has 1 rings (SSSR count). The maximum absolute atomic E-state index is 11.2. The molecule has 86 valence electrons. The lowest BCUT2D eigenvalue weighted by molar-refractivity contribution is 0.168. The van der Waals surface area contributed by atoms with Crippen molar-refractivity contribution in [2.45, 2.75) is 13.8 Å². The van der Waals surface area contributed by atoms with Gasteiger partial charge in [0.1, 0.15) is 5.84 Å². The average molecular weight is 221 g/mol. The van der Waals surface area contributed by atoms with E-state index in [0.29, 0.717) is 17.9 Å².